The lowest BCUT2D eigenvalue weighted by Gasteiger charge is -2.47. The second-order valence-electron chi connectivity index (χ2n) is 5.15. The van der Waals surface area contributed by atoms with Crippen molar-refractivity contribution in [2.45, 2.75) is 36.1 Å². The molecule has 1 N–H and O–H groups in total. The molecule has 3 rings (SSSR count). The smallest absolute Gasteiger partial charge is 0.184 e. The maximum Gasteiger partial charge on any atom is 0.184 e. The minimum Gasteiger partial charge on any atom is -0.387 e. The predicted molar refractivity (Wildman–Crippen MR) is 79.0 cm³/mol. The van der Waals surface area contributed by atoms with E-state index in [-0.39, 0.29) is 17.5 Å². The van der Waals surface area contributed by atoms with Gasteiger partial charge in [0.1, 0.15) is 18.3 Å². The van der Waals surface area contributed by atoms with Gasteiger partial charge in [-0.25, -0.2) is 0 Å². The summed E-state index contributed by atoms with van der Waals surface area (Å²) in [6.45, 7) is 0.424. The zero-order valence-corrected chi connectivity index (χ0v) is 12.9. The lowest BCUT2D eigenvalue weighted by Crippen LogP contribution is -2.60. The van der Waals surface area contributed by atoms with Gasteiger partial charge >= 0.3 is 0 Å². The minimum absolute atomic E-state index is 0.108. The number of thioether (sulfide) groups is 1. The number of hydrogen-bond acceptors (Lipinski definition) is 6. The molecule has 6 atom stereocenters. The molecule has 2 aliphatic rings. The van der Waals surface area contributed by atoms with E-state index in [4.69, 9.17) is 18.9 Å². The van der Waals surface area contributed by atoms with Crippen LogP contribution in [0.4, 0.5) is 0 Å². The largest absolute Gasteiger partial charge is 0.387 e. The predicted octanol–water partition coefficient (Wildman–Crippen LogP) is 1.56. The van der Waals surface area contributed by atoms with Crippen molar-refractivity contribution in [2.24, 2.45) is 0 Å². The van der Waals surface area contributed by atoms with E-state index < -0.39 is 18.7 Å². The number of methoxy groups -OCH3 is 1. The van der Waals surface area contributed by atoms with E-state index in [0.29, 0.717) is 6.61 Å². The fraction of sp³-hybridized carbons (Fsp3) is 0.600. The van der Waals surface area contributed by atoms with Gasteiger partial charge in [0.25, 0.3) is 0 Å². The quantitative estimate of drug-likeness (QED) is 0.914. The van der Waals surface area contributed by atoms with Crippen molar-refractivity contribution in [1.82, 2.24) is 0 Å². The van der Waals surface area contributed by atoms with Gasteiger partial charge < -0.3 is 24.1 Å². The fourth-order valence-corrected chi connectivity index (χ4v) is 3.72. The summed E-state index contributed by atoms with van der Waals surface area (Å²) in [5, 5.41) is 10.2. The molecule has 0 aliphatic carbocycles. The van der Waals surface area contributed by atoms with Crippen LogP contribution >= 0.6 is 11.8 Å². The van der Waals surface area contributed by atoms with Crippen molar-refractivity contribution < 1.29 is 24.1 Å². The summed E-state index contributed by atoms with van der Waals surface area (Å²) >= 11 is 1.57. The van der Waals surface area contributed by atoms with Crippen LogP contribution in [0.2, 0.25) is 0 Å². The molecule has 0 aromatic heterocycles. The molecule has 0 bridgehead atoms. The summed E-state index contributed by atoms with van der Waals surface area (Å²) in [5.74, 6) is 0. The fourth-order valence-electron chi connectivity index (χ4n) is 2.81. The van der Waals surface area contributed by atoms with Gasteiger partial charge in [-0.1, -0.05) is 30.3 Å². The summed E-state index contributed by atoms with van der Waals surface area (Å²) in [6.07, 6.45) is -0.266. The molecule has 6 heteroatoms. The zero-order chi connectivity index (χ0) is 14.8. The topological polar surface area (TPSA) is 57.2 Å². The van der Waals surface area contributed by atoms with Crippen molar-refractivity contribution in [2.75, 3.05) is 20.0 Å². The number of fused-ring (bicyclic) bond motifs is 1. The number of aliphatic hydroxyl groups is 1. The number of ether oxygens (including phenoxy) is 4. The molecule has 5 nitrogen and oxygen atoms in total. The molecule has 2 fully saturated rings. The second kappa shape index (κ2) is 6.64. The molecule has 2 heterocycles. The molecule has 0 amide bonds. The highest BCUT2D eigenvalue weighted by molar-refractivity contribution is 7.99. The van der Waals surface area contributed by atoms with Gasteiger partial charge in [0.2, 0.25) is 0 Å². The van der Waals surface area contributed by atoms with Crippen LogP contribution in [-0.2, 0) is 18.9 Å². The molecular formula is C15H20O5S. The third kappa shape index (κ3) is 2.97. The first kappa shape index (κ1) is 15.3. The van der Waals surface area contributed by atoms with Crippen LogP contribution < -0.4 is 0 Å². The monoisotopic (exact) mass is 312 g/mol. The SMILES string of the molecule is CO[C@H]1O[C@@H]2COC(c3ccccc3)O[C@H]2[C@@H](SC)[C@@H]1O. The summed E-state index contributed by atoms with van der Waals surface area (Å²) in [4.78, 5) is 0. The van der Waals surface area contributed by atoms with Crippen LogP contribution in [0.1, 0.15) is 11.9 Å². The summed E-state index contributed by atoms with van der Waals surface area (Å²) in [5.41, 5.74) is 0.971. The van der Waals surface area contributed by atoms with Crippen LogP contribution in [0, 0.1) is 0 Å². The maximum absolute atomic E-state index is 10.3. The van der Waals surface area contributed by atoms with Crippen molar-refractivity contribution in [1.29, 1.82) is 0 Å². The minimum atomic E-state index is -0.722. The van der Waals surface area contributed by atoms with Crippen molar-refractivity contribution in [3.63, 3.8) is 0 Å². The van der Waals surface area contributed by atoms with Crippen molar-refractivity contribution in [3.05, 3.63) is 35.9 Å². The van der Waals surface area contributed by atoms with E-state index in [1.807, 2.05) is 36.6 Å². The van der Waals surface area contributed by atoms with E-state index in [0.717, 1.165) is 5.56 Å². The van der Waals surface area contributed by atoms with E-state index in [1.165, 1.54) is 7.11 Å². The highest BCUT2D eigenvalue weighted by atomic mass is 32.2. The number of hydrogen-bond donors (Lipinski definition) is 1. The summed E-state index contributed by atoms with van der Waals surface area (Å²) < 4.78 is 22.8. The molecule has 0 spiro atoms. The van der Waals surface area contributed by atoms with Crippen LogP contribution in [-0.4, -0.2) is 54.9 Å². The van der Waals surface area contributed by atoms with E-state index in [9.17, 15) is 5.11 Å². The Labute approximate surface area is 128 Å². The highest BCUT2D eigenvalue weighted by Gasteiger charge is 2.49. The van der Waals surface area contributed by atoms with Gasteiger partial charge in [-0.15, -0.1) is 0 Å². The molecule has 2 saturated heterocycles. The van der Waals surface area contributed by atoms with Crippen molar-refractivity contribution >= 4 is 11.8 Å². The lowest BCUT2D eigenvalue weighted by molar-refractivity contribution is -0.330. The molecule has 1 aromatic carbocycles. The first-order chi connectivity index (χ1) is 10.2. The van der Waals surface area contributed by atoms with E-state index >= 15 is 0 Å². The highest BCUT2D eigenvalue weighted by Crippen LogP contribution is 2.37. The van der Waals surface area contributed by atoms with Gasteiger partial charge in [-0.05, 0) is 6.26 Å². The van der Waals surface area contributed by atoms with E-state index in [2.05, 4.69) is 0 Å². The third-order valence-electron chi connectivity index (χ3n) is 3.88. The Morgan fingerprint density at radius 2 is 2.00 bits per heavy atom. The van der Waals surface area contributed by atoms with Crippen molar-refractivity contribution in [3.8, 4) is 0 Å². The number of benzene rings is 1. The van der Waals surface area contributed by atoms with Crippen LogP contribution in [0.5, 0.6) is 0 Å². The molecule has 1 aromatic rings. The van der Waals surface area contributed by atoms with E-state index in [1.54, 1.807) is 11.8 Å². The normalized spacial score (nSPS) is 39.8. The Morgan fingerprint density at radius 1 is 1.24 bits per heavy atom. The molecular weight excluding hydrogens is 292 g/mol. The second-order valence-corrected chi connectivity index (χ2v) is 6.16. The zero-order valence-electron chi connectivity index (χ0n) is 12.0. The first-order valence-corrected chi connectivity index (χ1v) is 8.24. The van der Waals surface area contributed by atoms with Gasteiger partial charge in [-0.2, -0.15) is 11.8 Å². The summed E-state index contributed by atoms with van der Waals surface area (Å²) in [7, 11) is 1.53. The molecule has 21 heavy (non-hydrogen) atoms. The molecule has 2 aliphatic heterocycles. The Hall–Kier alpha value is -0.630. The van der Waals surface area contributed by atoms with Crippen LogP contribution in [0.15, 0.2) is 30.3 Å². The van der Waals surface area contributed by atoms with Gasteiger partial charge in [0.15, 0.2) is 12.6 Å². The van der Waals surface area contributed by atoms with Gasteiger partial charge in [-0.3, -0.25) is 0 Å². The molecule has 0 radical (unpaired) electrons. The Balaban J connectivity index is 1.77. The number of rotatable bonds is 3. The Kier molecular flexibility index (Phi) is 4.83. The average molecular weight is 312 g/mol. The number of aliphatic hydroxyl groups excluding tert-OH is 1. The lowest BCUT2D eigenvalue weighted by atomic mass is 10.0. The van der Waals surface area contributed by atoms with Gasteiger partial charge in [0, 0.05) is 12.7 Å². The standard InChI is InChI=1S/C15H20O5S/c1-17-15-11(16)13(21-2)12-10(19-15)8-18-14(20-12)9-6-4-3-5-7-9/h3-7,10-16H,8H2,1-2H3/t10-,11+,12-,13+,14?,15+/m1/s1. The molecule has 116 valence electrons. The molecule has 1 unspecified atom stereocenters. The summed E-state index contributed by atoms with van der Waals surface area (Å²) in [6, 6.07) is 9.80. The van der Waals surface area contributed by atoms with Crippen LogP contribution in [0.3, 0.4) is 0 Å². The third-order valence-corrected chi connectivity index (χ3v) is 4.97. The van der Waals surface area contributed by atoms with Gasteiger partial charge in [0.05, 0.1) is 11.9 Å². The molecule has 0 saturated carbocycles. The average Bonchev–Trinajstić information content (AvgIpc) is 2.54. The maximum atomic E-state index is 10.3. The Bertz CT molecular complexity index is 457. The Morgan fingerprint density at radius 3 is 2.67 bits per heavy atom. The first-order valence-electron chi connectivity index (χ1n) is 6.95. The van der Waals surface area contributed by atoms with Crippen LogP contribution in [0.25, 0.3) is 0 Å².